The van der Waals surface area contributed by atoms with Gasteiger partial charge in [0.1, 0.15) is 11.9 Å². The molecule has 114 valence electrons. The van der Waals surface area contributed by atoms with Crippen molar-refractivity contribution in [2.75, 3.05) is 0 Å². The van der Waals surface area contributed by atoms with Gasteiger partial charge in [-0.2, -0.15) is 0 Å². The van der Waals surface area contributed by atoms with E-state index >= 15 is 0 Å². The lowest BCUT2D eigenvalue weighted by Crippen LogP contribution is -2.52. The van der Waals surface area contributed by atoms with E-state index < -0.39 is 35.5 Å². The third-order valence-corrected chi connectivity index (χ3v) is 3.86. The van der Waals surface area contributed by atoms with Crippen LogP contribution in [0.2, 0.25) is 0 Å². The van der Waals surface area contributed by atoms with Gasteiger partial charge < -0.3 is 10.6 Å². The number of imide groups is 1. The van der Waals surface area contributed by atoms with Crippen molar-refractivity contribution >= 4 is 23.6 Å². The first-order chi connectivity index (χ1) is 10.4. The summed E-state index contributed by atoms with van der Waals surface area (Å²) < 4.78 is 14.1. The van der Waals surface area contributed by atoms with Crippen LogP contribution >= 0.6 is 0 Å². The Kier molecular flexibility index (Phi) is 3.16. The van der Waals surface area contributed by atoms with E-state index in [1.54, 1.807) is 0 Å². The van der Waals surface area contributed by atoms with E-state index in [2.05, 4.69) is 5.32 Å². The second kappa shape index (κ2) is 4.90. The van der Waals surface area contributed by atoms with E-state index in [9.17, 15) is 23.6 Å². The van der Waals surface area contributed by atoms with Gasteiger partial charge in [-0.1, -0.05) is 0 Å². The molecule has 7 nitrogen and oxygen atoms in total. The van der Waals surface area contributed by atoms with Gasteiger partial charge in [0.05, 0.1) is 5.56 Å². The second-order valence-electron chi connectivity index (χ2n) is 5.26. The van der Waals surface area contributed by atoms with E-state index in [4.69, 9.17) is 5.73 Å². The Bertz CT molecular complexity index is 731. The Morgan fingerprint density at radius 3 is 2.68 bits per heavy atom. The lowest BCUT2D eigenvalue weighted by atomic mass is 10.0. The summed E-state index contributed by atoms with van der Waals surface area (Å²) in [6.45, 7) is -0.00150. The van der Waals surface area contributed by atoms with Crippen LogP contribution in [0, 0.1) is 5.82 Å². The molecule has 3 rings (SSSR count). The van der Waals surface area contributed by atoms with Gasteiger partial charge in [0.15, 0.2) is 0 Å². The van der Waals surface area contributed by atoms with E-state index in [1.807, 2.05) is 0 Å². The van der Waals surface area contributed by atoms with E-state index in [0.717, 1.165) is 6.07 Å². The van der Waals surface area contributed by atoms with E-state index in [1.165, 1.54) is 11.0 Å². The molecule has 0 aliphatic carbocycles. The molecule has 0 radical (unpaired) electrons. The van der Waals surface area contributed by atoms with Gasteiger partial charge in [0.2, 0.25) is 17.7 Å². The average molecular weight is 305 g/mol. The van der Waals surface area contributed by atoms with Crippen molar-refractivity contribution < 1.29 is 23.6 Å². The fraction of sp³-hybridized carbons (Fsp3) is 0.286. The van der Waals surface area contributed by atoms with Crippen molar-refractivity contribution in [3.63, 3.8) is 0 Å². The van der Waals surface area contributed by atoms with Crippen LogP contribution in [-0.4, -0.2) is 34.6 Å². The normalized spacial score (nSPS) is 20.9. The molecule has 4 amide bonds. The number of nitrogens with zero attached hydrogens (tertiary/aromatic N) is 1. The number of hydrogen-bond acceptors (Lipinski definition) is 4. The molecule has 0 aromatic heterocycles. The number of nitrogens with one attached hydrogen (secondary N) is 1. The molecule has 1 unspecified atom stereocenters. The van der Waals surface area contributed by atoms with Crippen molar-refractivity contribution in [2.24, 2.45) is 5.73 Å². The Labute approximate surface area is 124 Å². The summed E-state index contributed by atoms with van der Waals surface area (Å²) in [6.07, 6.45) is 0.306. The number of amides is 4. The van der Waals surface area contributed by atoms with Crippen molar-refractivity contribution in [3.8, 4) is 0 Å². The smallest absolute Gasteiger partial charge is 0.258 e. The largest absolute Gasteiger partial charge is 0.366 e. The average Bonchev–Trinajstić information content (AvgIpc) is 2.76. The van der Waals surface area contributed by atoms with Gasteiger partial charge >= 0.3 is 0 Å². The van der Waals surface area contributed by atoms with Crippen LogP contribution in [0.25, 0.3) is 0 Å². The fourth-order valence-electron chi connectivity index (χ4n) is 2.80. The number of primary amides is 1. The molecule has 8 heteroatoms. The molecule has 1 atom stereocenters. The van der Waals surface area contributed by atoms with Crippen LogP contribution in [0.5, 0.6) is 0 Å². The van der Waals surface area contributed by atoms with Crippen LogP contribution < -0.4 is 11.1 Å². The molecule has 0 spiro atoms. The molecule has 22 heavy (non-hydrogen) atoms. The summed E-state index contributed by atoms with van der Waals surface area (Å²) >= 11 is 0. The minimum absolute atomic E-state index is 0.00150. The van der Waals surface area contributed by atoms with Crippen molar-refractivity contribution in [1.82, 2.24) is 10.2 Å². The number of carbonyl (C=O) groups excluding carboxylic acids is 4. The Hall–Kier alpha value is -2.77. The molecule has 2 aliphatic heterocycles. The summed E-state index contributed by atoms with van der Waals surface area (Å²) in [7, 11) is 0. The minimum Gasteiger partial charge on any atom is -0.366 e. The number of piperidine rings is 1. The summed E-state index contributed by atoms with van der Waals surface area (Å²) in [6, 6.07) is 1.44. The zero-order chi connectivity index (χ0) is 16.0. The Morgan fingerprint density at radius 2 is 2.05 bits per heavy atom. The molecule has 1 aromatic carbocycles. The summed E-state index contributed by atoms with van der Waals surface area (Å²) in [5, 5.41) is 2.16. The van der Waals surface area contributed by atoms with Gasteiger partial charge in [-0.15, -0.1) is 0 Å². The maximum atomic E-state index is 14.1. The van der Waals surface area contributed by atoms with Crippen molar-refractivity contribution in [1.29, 1.82) is 0 Å². The first-order valence-electron chi connectivity index (χ1n) is 6.65. The number of rotatable bonds is 2. The molecular formula is C14H12FN3O4. The predicted octanol–water partition coefficient (Wildman–Crippen LogP) is -0.314. The van der Waals surface area contributed by atoms with E-state index in [-0.39, 0.29) is 30.5 Å². The van der Waals surface area contributed by atoms with Crippen LogP contribution in [-0.2, 0) is 16.1 Å². The van der Waals surface area contributed by atoms with Gasteiger partial charge in [-0.25, -0.2) is 4.39 Å². The van der Waals surface area contributed by atoms with Gasteiger partial charge in [-0.3, -0.25) is 24.5 Å². The van der Waals surface area contributed by atoms with Crippen LogP contribution in [0.15, 0.2) is 12.1 Å². The molecule has 1 saturated heterocycles. The zero-order valence-electron chi connectivity index (χ0n) is 11.4. The Balaban J connectivity index is 1.94. The van der Waals surface area contributed by atoms with Crippen LogP contribution in [0.4, 0.5) is 4.39 Å². The molecule has 0 bridgehead atoms. The van der Waals surface area contributed by atoms with Gasteiger partial charge in [0, 0.05) is 18.5 Å². The van der Waals surface area contributed by atoms with E-state index in [0.29, 0.717) is 5.56 Å². The predicted molar refractivity (Wildman–Crippen MR) is 71.0 cm³/mol. The maximum absolute atomic E-state index is 14.1. The highest BCUT2D eigenvalue weighted by Gasteiger charge is 2.40. The standard InChI is InChI=1S/C14H12FN3O4/c15-8-4-6(12(16)20)3-7-5-18(14(22)11(7)8)9-1-2-10(19)17-13(9)21/h3-4,9H,1-2,5H2,(H2,16,20)(H,17,19,21). The lowest BCUT2D eigenvalue weighted by molar-refractivity contribution is -0.136. The maximum Gasteiger partial charge on any atom is 0.258 e. The second-order valence-corrected chi connectivity index (χ2v) is 5.26. The quantitative estimate of drug-likeness (QED) is 0.730. The molecule has 1 aromatic rings. The van der Waals surface area contributed by atoms with Crippen molar-refractivity contribution in [2.45, 2.75) is 25.4 Å². The third-order valence-electron chi connectivity index (χ3n) is 3.86. The Morgan fingerprint density at radius 1 is 1.32 bits per heavy atom. The molecule has 1 fully saturated rings. The topological polar surface area (TPSA) is 110 Å². The molecule has 0 saturated carbocycles. The highest BCUT2D eigenvalue weighted by atomic mass is 19.1. The van der Waals surface area contributed by atoms with Crippen LogP contribution in [0.3, 0.4) is 0 Å². The minimum atomic E-state index is -0.842. The summed E-state index contributed by atoms with van der Waals surface area (Å²) in [4.78, 5) is 47.7. The van der Waals surface area contributed by atoms with Gasteiger partial charge in [-0.05, 0) is 24.1 Å². The molecule has 2 aliphatic rings. The number of carbonyl (C=O) groups is 4. The highest BCUT2D eigenvalue weighted by molar-refractivity contribution is 6.06. The lowest BCUT2D eigenvalue weighted by Gasteiger charge is -2.29. The molecular weight excluding hydrogens is 293 g/mol. The van der Waals surface area contributed by atoms with Crippen LogP contribution in [0.1, 0.15) is 39.1 Å². The molecule has 2 heterocycles. The third kappa shape index (κ3) is 2.12. The number of benzene rings is 1. The summed E-state index contributed by atoms with van der Waals surface area (Å²) in [5.74, 6) is -3.24. The number of nitrogens with two attached hydrogens (primary N) is 1. The first-order valence-corrected chi connectivity index (χ1v) is 6.65. The number of fused-ring (bicyclic) bond motifs is 1. The highest BCUT2D eigenvalue weighted by Crippen LogP contribution is 2.30. The number of halogens is 1. The monoisotopic (exact) mass is 305 g/mol. The number of hydrogen-bond donors (Lipinski definition) is 2. The van der Waals surface area contributed by atoms with Crippen molar-refractivity contribution in [3.05, 3.63) is 34.6 Å². The molecule has 3 N–H and O–H groups in total. The first kappa shape index (κ1) is 14.2. The fourth-order valence-corrected chi connectivity index (χ4v) is 2.80. The zero-order valence-corrected chi connectivity index (χ0v) is 11.4. The SMILES string of the molecule is NC(=O)c1cc(F)c2c(c1)CN(C1CCC(=O)NC1=O)C2=O. The van der Waals surface area contributed by atoms with Gasteiger partial charge in [0.25, 0.3) is 5.91 Å². The summed E-state index contributed by atoms with van der Waals surface area (Å²) in [5.41, 5.74) is 5.24.